The number of benzene rings is 2. The van der Waals surface area contributed by atoms with Gasteiger partial charge in [0.05, 0.1) is 10.5 Å². The van der Waals surface area contributed by atoms with Crippen LogP contribution in [0.1, 0.15) is 18.4 Å². The topological polar surface area (TPSA) is 86.7 Å². The Morgan fingerprint density at radius 2 is 1.72 bits per heavy atom. The fourth-order valence-corrected chi connectivity index (χ4v) is 4.68. The fourth-order valence-electron chi connectivity index (χ4n) is 3.17. The maximum absolute atomic E-state index is 12.9. The number of nitrogens with one attached hydrogen (secondary N) is 1. The number of sulfonamides is 1. The van der Waals surface area contributed by atoms with Crippen LogP contribution in [0.3, 0.4) is 0 Å². The summed E-state index contributed by atoms with van der Waals surface area (Å²) in [5, 5.41) is 12.1. The number of phenols is 1. The van der Waals surface area contributed by atoms with Crippen LogP contribution in [-0.2, 0) is 21.0 Å². The molecule has 0 aliphatic carbocycles. The third-order valence-electron chi connectivity index (χ3n) is 4.74. The molecule has 6 nitrogen and oxygen atoms in total. The van der Waals surface area contributed by atoms with Gasteiger partial charge in [0.2, 0.25) is 15.9 Å². The number of alkyl halides is 3. The van der Waals surface area contributed by atoms with E-state index >= 15 is 0 Å². The van der Waals surface area contributed by atoms with Crippen LogP contribution in [0.4, 0.5) is 18.9 Å². The van der Waals surface area contributed by atoms with E-state index in [2.05, 4.69) is 5.32 Å². The third kappa shape index (κ3) is 4.88. The predicted octanol–water partition coefficient (Wildman–Crippen LogP) is 3.45. The summed E-state index contributed by atoms with van der Waals surface area (Å²) >= 11 is 0. The summed E-state index contributed by atoms with van der Waals surface area (Å²) in [6.07, 6.45) is -4.16. The number of halogens is 3. The van der Waals surface area contributed by atoms with Crippen LogP contribution in [0.5, 0.6) is 5.75 Å². The molecule has 2 N–H and O–H groups in total. The summed E-state index contributed by atoms with van der Waals surface area (Å²) in [6.45, 7) is 0.0490. The Balaban J connectivity index is 1.66. The second-order valence-corrected chi connectivity index (χ2v) is 8.68. The van der Waals surface area contributed by atoms with E-state index in [9.17, 15) is 31.5 Å². The molecule has 29 heavy (non-hydrogen) atoms. The van der Waals surface area contributed by atoms with E-state index in [4.69, 9.17) is 0 Å². The minimum absolute atomic E-state index is 0.00444. The maximum Gasteiger partial charge on any atom is 0.416 e. The quantitative estimate of drug-likeness (QED) is 0.781. The van der Waals surface area contributed by atoms with Crippen molar-refractivity contribution in [2.75, 3.05) is 18.4 Å². The molecule has 0 spiro atoms. The minimum atomic E-state index is -4.64. The smallest absolute Gasteiger partial charge is 0.416 e. The molecule has 0 atom stereocenters. The molecule has 10 heteroatoms. The van der Waals surface area contributed by atoms with Crippen LogP contribution in [0, 0.1) is 5.92 Å². The lowest BCUT2D eigenvalue weighted by Crippen LogP contribution is -2.41. The van der Waals surface area contributed by atoms with Crippen LogP contribution >= 0.6 is 0 Å². The first kappa shape index (κ1) is 21.1. The van der Waals surface area contributed by atoms with Gasteiger partial charge < -0.3 is 10.4 Å². The monoisotopic (exact) mass is 428 g/mol. The first-order chi connectivity index (χ1) is 13.6. The van der Waals surface area contributed by atoms with Crippen molar-refractivity contribution in [2.24, 2.45) is 5.92 Å². The predicted molar refractivity (Wildman–Crippen MR) is 99.7 cm³/mol. The normalized spacial score (nSPS) is 16.5. The number of nitrogens with zero attached hydrogens (tertiary/aromatic N) is 1. The van der Waals surface area contributed by atoms with Gasteiger partial charge in [-0.3, -0.25) is 4.79 Å². The van der Waals surface area contributed by atoms with Crippen LogP contribution in [0.25, 0.3) is 0 Å². The van der Waals surface area contributed by atoms with E-state index in [-0.39, 0.29) is 37.6 Å². The largest absolute Gasteiger partial charge is 0.508 e. The average molecular weight is 428 g/mol. The summed E-state index contributed by atoms with van der Waals surface area (Å²) in [7, 11) is -4.09. The van der Waals surface area contributed by atoms with Crippen molar-refractivity contribution in [1.82, 2.24) is 4.31 Å². The number of amides is 1. The van der Waals surface area contributed by atoms with Crippen molar-refractivity contribution in [3.8, 4) is 5.75 Å². The molecule has 3 rings (SSSR count). The SMILES string of the molecule is O=C(Nc1cccc(O)c1)C1CCN(S(=O)(=O)c2cccc(C(F)(F)F)c2)CC1. The first-order valence-electron chi connectivity index (χ1n) is 8.85. The number of hydrogen-bond acceptors (Lipinski definition) is 4. The Labute approximate surface area is 166 Å². The van der Waals surface area contributed by atoms with E-state index in [0.29, 0.717) is 11.8 Å². The standard InChI is InChI=1S/C19H19F3N2O4S/c20-19(21,22)14-3-1-6-17(11-14)29(27,28)24-9-7-13(8-10-24)18(26)23-15-4-2-5-16(25)12-15/h1-6,11-13,25H,7-10H2,(H,23,26). The van der Waals surface area contributed by atoms with E-state index in [1.165, 1.54) is 12.1 Å². The van der Waals surface area contributed by atoms with E-state index in [1.54, 1.807) is 12.1 Å². The zero-order valence-electron chi connectivity index (χ0n) is 15.2. The summed E-state index contributed by atoms with van der Waals surface area (Å²) in [4.78, 5) is 12.0. The number of aromatic hydroxyl groups is 1. The van der Waals surface area contributed by atoms with E-state index in [1.807, 2.05) is 0 Å². The summed E-state index contributed by atoms with van der Waals surface area (Å²) in [6, 6.07) is 9.68. The van der Waals surface area contributed by atoms with Gasteiger partial charge in [0.15, 0.2) is 0 Å². The molecule has 0 saturated carbocycles. The lowest BCUT2D eigenvalue weighted by Gasteiger charge is -2.30. The van der Waals surface area contributed by atoms with Gasteiger partial charge >= 0.3 is 6.18 Å². The van der Waals surface area contributed by atoms with Gasteiger partial charge in [-0.1, -0.05) is 12.1 Å². The van der Waals surface area contributed by atoms with Crippen LogP contribution < -0.4 is 5.32 Å². The van der Waals surface area contributed by atoms with Crippen molar-refractivity contribution >= 4 is 21.6 Å². The van der Waals surface area contributed by atoms with Gasteiger partial charge in [-0.05, 0) is 43.2 Å². The second kappa shape index (κ2) is 8.03. The highest BCUT2D eigenvalue weighted by Crippen LogP contribution is 2.32. The zero-order chi connectivity index (χ0) is 21.2. The van der Waals surface area contributed by atoms with E-state index in [0.717, 1.165) is 22.5 Å². The van der Waals surface area contributed by atoms with E-state index < -0.39 is 32.6 Å². The number of piperidine rings is 1. The number of hydrogen-bond donors (Lipinski definition) is 2. The lowest BCUT2D eigenvalue weighted by atomic mass is 9.97. The number of carbonyl (C=O) groups is 1. The molecule has 2 aromatic carbocycles. The third-order valence-corrected chi connectivity index (χ3v) is 6.63. The molecule has 0 unspecified atom stereocenters. The van der Waals surface area contributed by atoms with Crippen molar-refractivity contribution < 1.29 is 31.5 Å². The molecule has 0 bridgehead atoms. The zero-order valence-corrected chi connectivity index (χ0v) is 16.0. The highest BCUT2D eigenvalue weighted by Gasteiger charge is 2.35. The molecule has 2 aromatic rings. The fraction of sp³-hybridized carbons (Fsp3) is 0.316. The van der Waals surface area contributed by atoms with Gasteiger partial charge in [0.1, 0.15) is 5.75 Å². The highest BCUT2D eigenvalue weighted by molar-refractivity contribution is 7.89. The second-order valence-electron chi connectivity index (χ2n) is 6.74. The number of rotatable bonds is 4. The Morgan fingerprint density at radius 1 is 1.07 bits per heavy atom. The highest BCUT2D eigenvalue weighted by atomic mass is 32.2. The molecule has 0 radical (unpaired) electrons. The molecule has 156 valence electrons. The summed E-state index contributed by atoms with van der Waals surface area (Å²) in [5.41, 5.74) is -0.604. The Kier molecular flexibility index (Phi) is 5.85. The molecule has 0 aromatic heterocycles. The number of phenolic OH excluding ortho intramolecular Hbond substituents is 1. The van der Waals surface area contributed by atoms with Gasteiger partial charge in [-0.15, -0.1) is 0 Å². The van der Waals surface area contributed by atoms with Gasteiger partial charge in [-0.25, -0.2) is 8.42 Å². The van der Waals surface area contributed by atoms with Crippen molar-refractivity contribution in [1.29, 1.82) is 0 Å². The minimum Gasteiger partial charge on any atom is -0.508 e. The number of anilines is 1. The first-order valence-corrected chi connectivity index (χ1v) is 10.3. The van der Waals surface area contributed by atoms with Gasteiger partial charge in [0, 0.05) is 30.8 Å². The number of carbonyl (C=O) groups excluding carboxylic acids is 1. The summed E-state index contributed by atoms with van der Waals surface area (Å²) < 4.78 is 65.1. The van der Waals surface area contributed by atoms with Crippen LogP contribution in [0.15, 0.2) is 53.4 Å². The van der Waals surface area contributed by atoms with Gasteiger partial charge in [-0.2, -0.15) is 17.5 Å². The Morgan fingerprint density at radius 3 is 2.34 bits per heavy atom. The van der Waals surface area contributed by atoms with Crippen molar-refractivity contribution in [2.45, 2.75) is 23.9 Å². The Hall–Kier alpha value is -2.59. The molecule has 1 heterocycles. The average Bonchev–Trinajstić information content (AvgIpc) is 2.67. The molecule has 1 amide bonds. The van der Waals surface area contributed by atoms with Crippen LogP contribution in [0.2, 0.25) is 0 Å². The van der Waals surface area contributed by atoms with Crippen LogP contribution in [-0.4, -0.2) is 36.8 Å². The molecule has 1 saturated heterocycles. The molecule has 1 aliphatic rings. The maximum atomic E-state index is 12.9. The Bertz CT molecular complexity index is 1000. The van der Waals surface area contributed by atoms with Crippen molar-refractivity contribution in [3.63, 3.8) is 0 Å². The molecule has 1 aliphatic heterocycles. The summed E-state index contributed by atoms with van der Waals surface area (Å²) in [5.74, 6) is -0.734. The molecular formula is C19H19F3N2O4S. The van der Waals surface area contributed by atoms with Crippen molar-refractivity contribution in [3.05, 3.63) is 54.1 Å². The molecular weight excluding hydrogens is 409 g/mol. The lowest BCUT2D eigenvalue weighted by molar-refractivity contribution is -0.137. The van der Waals surface area contributed by atoms with Gasteiger partial charge in [0.25, 0.3) is 0 Å². The molecule has 1 fully saturated rings.